The Morgan fingerprint density at radius 1 is 1.05 bits per heavy atom. The summed E-state index contributed by atoms with van der Waals surface area (Å²) in [7, 11) is 0. The fourth-order valence-corrected chi connectivity index (χ4v) is 4.13. The first-order chi connectivity index (χ1) is 9.97. The van der Waals surface area contributed by atoms with Crippen molar-refractivity contribution in [3.63, 3.8) is 0 Å². The molecule has 0 unspecified atom stereocenters. The largest absolute Gasteiger partial charge is 0.481 e. The van der Waals surface area contributed by atoms with E-state index in [2.05, 4.69) is 0 Å². The maximum atomic E-state index is 12.5. The minimum absolute atomic E-state index is 0.0361. The predicted molar refractivity (Wildman–Crippen MR) is 82.0 cm³/mol. The van der Waals surface area contributed by atoms with Crippen molar-refractivity contribution in [2.75, 3.05) is 13.1 Å². The van der Waals surface area contributed by atoms with Crippen LogP contribution in [0.15, 0.2) is 0 Å². The van der Waals surface area contributed by atoms with Gasteiger partial charge in [-0.1, -0.05) is 26.7 Å². The van der Waals surface area contributed by atoms with Crippen LogP contribution in [0.25, 0.3) is 0 Å². The van der Waals surface area contributed by atoms with E-state index in [0.717, 1.165) is 25.9 Å². The zero-order valence-corrected chi connectivity index (χ0v) is 13.5. The second-order valence-corrected chi connectivity index (χ2v) is 7.06. The van der Waals surface area contributed by atoms with Crippen molar-refractivity contribution < 1.29 is 14.7 Å². The van der Waals surface area contributed by atoms with Gasteiger partial charge in [0, 0.05) is 19.5 Å². The third kappa shape index (κ3) is 3.24. The lowest BCUT2D eigenvalue weighted by atomic mass is 9.76. The van der Waals surface area contributed by atoms with Crippen LogP contribution in [0.2, 0.25) is 0 Å². The third-order valence-electron chi connectivity index (χ3n) is 6.14. The van der Waals surface area contributed by atoms with E-state index in [4.69, 9.17) is 0 Å². The molecule has 1 aliphatic carbocycles. The summed E-state index contributed by atoms with van der Waals surface area (Å²) < 4.78 is 0. The number of aliphatic carboxylic acids is 1. The van der Waals surface area contributed by atoms with Crippen molar-refractivity contribution in [2.45, 2.75) is 71.6 Å². The number of likely N-dealkylation sites (tertiary alicyclic amines) is 1. The molecule has 0 aromatic carbocycles. The molecular weight excluding hydrogens is 266 g/mol. The summed E-state index contributed by atoms with van der Waals surface area (Å²) in [5.74, 6) is -0.793. The third-order valence-corrected chi connectivity index (χ3v) is 6.14. The van der Waals surface area contributed by atoms with Crippen LogP contribution in [0, 0.1) is 10.8 Å². The standard InChI is InChI=1S/C17H29NO3/c1-3-17(4-2,15(20)21)13-14(19)18-11-9-16(10-12-18)7-5-6-8-16/h3-13H2,1-2H3,(H,20,21). The molecule has 1 saturated heterocycles. The van der Waals surface area contributed by atoms with Crippen molar-refractivity contribution in [3.05, 3.63) is 0 Å². The van der Waals surface area contributed by atoms with Gasteiger partial charge in [0.25, 0.3) is 0 Å². The Labute approximate surface area is 127 Å². The van der Waals surface area contributed by atoms with Crippen LogP contribution in [0.5, 0.6) is 0 Å². The van der Waals surface area contributed by atoms with E-state index in [1.165, 1.54) is 25.7 Å². The molecule has 4 heteroatoms. The molecule has 1 aliphatic heterocycles. The second-order valence-electron chi connectivity index (χ2n) is 7.06. The number of rotatable bonds is 5. The molecule has 4 nitrogen and oxygen atoms in total. The van der Waals surface area contributed by atoms with E-state index in [1.807, 2.05) is 18.7 Å². The Bertz CT molecular complexity index is 385. The highest BCUT2D eigenvalue weighted by molar-refractivity contribution is 5.85. The van der Waals surface area contributed by atoms with Gasteiger partial charge in [-0.05, 0) is 43.9 Å². The molecule has 0 bridgehead atoms. The van der Waals surface area contributed by atoms with E-state index in [-0.39, 0.29) is 12.3 Å². The van der Waals surface area contributed by atoms with Crippen molar-refractivity contribution in [1.29, 1.82) is 0 Å². The molecule has 2 aliphatic rings. The van der Waals surface area contributed by atoms with E-state index >= 15 is 0 Å². The van der Waals surface area contributed by atoms with Gasteiger partial charge >= 0.3 is 5.97 Å². The number of amides is 1. The van der Waals surface area contributed by atoms with Gasteiger partial charge in [-0.15, -0.1) is 0 Å². The zero-order chi connectivity index (χ0) is 15.5. The molecule has 120 valence electrons. The van der Waals surface area contributed by atoms with Gasteiger partial charge in [-0.2, -0.15) is 0 Å². The van der Waals surface area contributed by atoms with Crippen LogP contribution in [0.3, 0.4) is 0 Å². The first-order valence-electron chi connectivity index (χ1n) is 8.48. The maximum Gasteiger partial charge on any atom is 0.310 e. The Morgan fingerprint density at radius 2 is 1.57 bits per heavy atom. The number of carbonyl (C=O) groups excluding carboxylic acids is 1. The average molecular weight is 295 g/mol. The molecule has 0 aromatic heterocycles. The topological polar surface area (TPSA) is 57.6 Å². The Hall–Kier alpha value is -1.06. The molecule has 0 aromatic rings. The van der Waals surface area contributed by atoms with Crippen LogP contribution in [0.4, 0.5) is 0 Å². The van der Waals surface area contributed by atoms with Crippen molar-refractivity contribution in [1.82, 2.24) is 4.90 Å². The normalized spacial score (nSPS) is 21.7. The Morgan fingerprint density at radius 3 is 2.00 bits per heavy atom. The van der Waals surface area contributed by atoms with Gasteiger partial charge in [0.15, 0.2) is 0 Å². The Balaban J connectivity index is 1.94. The summed E-state index contributed by atoms with van der Waals surface area (Å²) in [6.45, 7) is 5.38. The average Bonchev–Trinajstić information content (AvgIpc) is 2.93. The van der Waals surface area contributed by atoms with Gasteiger partial charge in [-0.25, -0.2) is 0 Å². The quantitative estimate of drug-likeness (QED) is 0.845. The van der Waals surface area contributed by atoms with E-state index in [0.29, 0.717) is 18.3 Å². The van der Waals surface area contributed by atoms with Gasteiger partial charge in [0.05, 0.1) is 5.41 Å². The van der Waals surface area contributed by atoms with Crippen LogP contribution >= 0.6 is 0 Å². The number of carboxylic acid groups (broad SMARTS) is 1. The molecule has 1 saturated carbocycles. The number of hydrogen-bond acceptors (Lipinski definition) is 2. The molecule has 2 rings (SSSR count). The molecule has 1 N–H and O–H groups in total. The van der Waals surface area contributed by atoms with Crippen molar-refractivity contribution in [2.24, 2.45) is 10.8 Å². The number of carboxylic acids is 1. The fourth-order valence-electron chi connectivity index (χ4n) is 4.13. The first kappa shape index (κ1) is 16.3. The van der Waals surface area contributed by atoms with Crippen molar-refractivity contribution in [3.8, 4) is 0 Å². The number of hydrogen-bond donors (Lipinski definition) is 1. The minimum Gasteiger partial charge on any atom is -0.481 e. The SMILES string of the molecule is CCC(CC)(CC(=O)N1CCC2(CCCC2)CC1)C(=O)O. The fraction of sp³-hybridized carbons (Fsp3) is 0.882. The van der Waals surface area contributed by atoms with E-state index in [1.54, 1.807) is 0 Å². The molecule has 1 heterocycles. The molecule has 1 amide bonds. The van der Waals surface area contributed by atoms with Crippen LogP contribution in [-0.4, -0.2) is 35.0 Å². The van der Waals surface area contributed by atoms with Gasteiger partial charge in [0.2, 0.25) is 5.91 Å². The zero-order valence-electron chi connectivity index (χ0n) is 13.5. The van der Waals surface area contributed by atoms with Gasteiger partial charge in [-0.3, -0.25) is 9.59 Å². The molecule has 1 spiro atoms. The van der Waals surface area contributed by atoms with E-state index < -0.39 is 11.4 Å². The molecule has 21 heavy (non-hydrogen) atoms. The van der Waals surface area contributed by atoms with E-state index in [9.17, 15) is 14.7 Å². The minimum atomic E-state index is -0.875. The van der Waals surface area contributed by atoms with Crippen LogP contribution in [-0.2, 0) is 9.59 Å². The summed E-state index contributed by atoms with van der Waals surface area (Å²) in [6.07, 6.45) is 8.71. The summed E-state index contributed by atoms with van der Waals surface area (Å²) in [5.41, 5.74) is -0.379. The maximum absolute atomic E-state index is 12.5. The molecular formula is C17H29NO3. The number of nitrogens with zero attached hydrogens (tertiary/aromatic N) is 1. The highest BCUT2D eigenvalue weighted by Gasteiger charge is 2.41. The Kier molecular flexibility index (Phi) is 4.95. The first-order valence-corrected chi connectivity index (χ1v) is 8.48. The second kappa shape index (κ2) is 6.37. The summed E-state index contributed by atoms with van der Waals surface area (Å²) >= 11 is 0. The summed E-state index contributed by atoms with van der Waals surface area (Å²) in [5, 5.41) is 9.47. The monoisotopic (exact) mass is 295 g/mol. The number of piperidine rings is 1. The lowest BCUT2D eigenvalue weighted by Gasteiger charge is -2.40. The lowest BCUT2D eigenvalue weighted by molar-refractivity contribution is -0.155. The number of carbonyl (C=O) groups is 2. The lowest BCUT2D eigenvalue weighted by Crippen LogP contribution is -2.45. The highest BCUT2D eigenvalue weighted by atomic mass is 16.4. The summed E-state index contributed by atoms with van der Waals surface area (Å²) in [6, 6.07) is 0. The van der Waals surface area contributed by atoms with Crippen LogP contribution in [0.1, 0.15) is 71.6 Å². The highest BCUT2D eigenvalue weighted by Crippen LogP contribution is 2.46. The summed E-state index contributed by atoms with van der Waals surface area (Å²) in [4.78, 5) is 25.9. The van der Waals surface area contributed by atoms with Gasteiger partial charge in [0.1, 0.15) is 0 Å². The predicted octanol–water partition coefficient (Wildman–Crippen LogP) is 3.45. The smallest absolute Gasteiger partial charge is 0.310 e. The molecule has 2 fully saturated rings. The van der Waals surface area contributed by atoms with Crippen LogP contribution < -0.4 is 0 Å². The van der Waals surface area contributed by atoms with Crippen molar-refractivity contribution >= 4 is 11.9 Å². The van der Waals surface area contributed by atoms with Gasteiger partial charge < -0.3 is 10.0 Å². The molecule has 0 radical (unpaired) electrons. The molecule has 0 atom stereocenters.